The van der Waals surface area contributed by atoms with E-state index in [4.69, 9.17) is 9.52 Å². The second-order valence-corrected chi connectivity index (χ2v) is 2.21. The van der Waals surface area contributed by atoms with E-state index in [0.717, 1.165) is 0 Å². The van der Waals surface area contributed by atoms with Gasteiger partial charge in [0.15, 0.2) is 5.96 Å². The summed E-state index contributed by atoms with van der Waals surface area (Å²) in [4.78, 5) is 21.5. The minimum absolute atomic E-state index is 0. The van der Waals surface area contributed by atoms with Crippen molar-refractivity contribution in [1.82, 2.24) is 10.2 Å². The fourth-order valence-corrected chi connectivity index (χ4v) is 0.496. The van der Waals surface area contributed by atoms with Crippen molar-refractivity contribution in [3.63, 3.8) is 0 Å². The number of nitrogens with zero attached hydrogens (tertiary/aromatic N) is 1. The zero-order valence-electron chi connectivity index (χ0n) is 11.1. The number of aliphatic carboxylic acids is 1. The summed E-state index contributed by atoms with van der Waals surface area (Å²) < 4.78 is 21.0. The Morgan fingerprint density at radius 2 is 2.21 bits per heavy atom. The normalized spacial score (nSPS) is 12.5. The number of nitrogens with one attached hydrogen (secondary N) is 2. The molecule has 0 heterocycles. The van der Waals surface area contributed by atoms with Crippen molar-refractivity contribution in [3.8, 4) is 0 Å². The number of guanidine groups is 1. The Morgan fingerprint density at radius 3 is 2.57 bits per heavy atom. The predicted molar refractivity (Wildman–Crippen MR) is 43.8 cm³/mol. The molecule has 0 saturated carbocycles. The van der Waals surface area contributed by atoms with Crippen LogP contribution < -0.4 is 40.0 Å². The van der Waals surface area contributed by atoms with Gasteiger partial charge in [0.25, 0.3) is 0 Å². The Morgan fingerprint density at radius 1 is 1.64 bits per heavy atom. The molecule has 0 fully saturated rings. The molecule has 0 aliphatic heterocycles. The molecule has 1 amide bonds. The molecule has 0 bridgehead atoms. The molecular formula is C7H12N3NaO3. The number of carboxylic acid groups (broad SMARTS) is 1. The van der Waals surface area contributed by atoms with E-state index >= 15 is 0 Å². The summed E-state index contributed by atoms with van der Waals surface area (Å²) in [6.45, 7) is -2.29. The average Bonchev–Trinajstić information content (AvgIpc) is 2.11. The number of likely N-dealkylation sites (N-methyl/N-ethyl adjacent to an activating group) is 1. The van der Waals surface area contributed by atoms with Crippen molar-refractivity contribution in [2.24, 2.45) is 0 Å². The largest absolute Gasteiger partial charge is 1.00 e. The van der Waals surface area contributed by atoms with Crippen LogP contribution in [0.2, 0.25) is 0 Å². The molecule has 7 heteroatoms. The van der Waals surface area contributed by atoms with Crippen LogP contribution >= 0.6 is 0 Å². The molecular weight excluding hydrogens is 197 g/mol. The van der Waals surface area contributed by atoms with Gasteiger partial charge in [0.1, 0.15) is 0 Å². The van der Waals surface area contributed by atoms with Crippen molar-refractivity contribution in [3.05, 3.63) is 0 Å². The van der Waals surface area contributed by atoms with Gasteiger partial charge in [0.05, 0.1) is 12.5 Å². The fourth-order valence-electron chi connectivity index (χ4n) is 0.496. The standard InChI is InChI=1S/C7H13N3O3.Na/c1-3-5(11)9-7(8)10(2)4-6(12)13;/h3-4H2,1-2H3,(H,12,13)(H2,8,9,11);/q;+1/p-1/i2D3;. The van der Waals surface area contributed by atoms with E-state index in [-0.39, 0.29) is 40.9 Å². The smallest absolute Gasteiger partial charge is 0.548 e. The van der Waals surface area contributed by atoms with Gasteiger partial charge in [-0.2, -0.15) is 0 Å². The Hall–Kier alpha value is -0.590. The van der Waals surface area contributed by atoms with E-state index < -0.39 is 31.4 Å². The van der Waals surface area contributed by atoms with E-state index in [0.29, 0.717) is 0 Å². The average molecular weight is 212 g/mol. The summed E-state index contributed by atoms with van der Waals surface area (Å²) in [5, 5.41) is 19.5. The molecule has 2 N–H and O–H groups in total. The maximum Gasteiger partial charge on any atom is 1.00 e. The maximum atomic E-state index is 10.9. The van der Waals surface area contributed by atoms with Crippen molar-refractivity contribution in [2.45, 2.75) is 13.3 Å². The first-order valence-electron chi connectivity index (χ1n) is 5.04. The fraction of sp³-hybridized carbons (Fsp3) is 0.571. The first kappa shape index (κ1) is 9.95. The molecule has 0 aliphatic rings. The van der Waals surface area contributed by atoms with Crippen LogP contribution in [0, 0.1) is 5.41 Å². The van der Waals surface area contributed by atoms with Crippen LogP contribution in [0.15, 0.2) is 0 Å². The molecule has 6 nitrogen and oxygen atoms in total. The molecule has 14 heavy (non-hydrogen) atoms. The number of amides is 1. The second kappa shape index (κ2) is 7.78. The molecule has 0 unspecified atom stereocenters. The van der Waals surface area contributed by atoms with E-state index in [9.17, 15) is 14.7 Å². The number of hydrogen-bond acceptors (Lipinski definition) is 4. The van der Waals surface area contributed by atoms with Gasteiger partial charge in [0.2, 0.25) is 5.91 Å². The first-order valence-corrected chi connectivity index (χ1v) is 3.54. The molecule has 0 atom stereocenters. The van der Waals surface area contributed by atoms with Crippen LogP contribution in [-0.2, 0) is 9.59 Å². The Kier molecular flexibility index (Phi) is 5.53. The number of carbonyl (C=O) groups excluding carboxylic acids is 2. The van der Waals surface area contributed by atoms with Crippen molar-refractivity contribution in [1.29, 1.82) is 5.41 Å². The minimum Gasteiger partial charge on any atom is -0.548 e. The van der Waals surface area contributed by atoms with E-state index in [1.54, 1.807) is 0 Å². The first-order chi connectivity index (χ1) is 7.18. The molecule has 0 aromatic carbocycles. The van der Waals surface area contributed by atoms with Crippen LogP contribution in [0.1, 0.15) is 17.5 Å². The number of hydrogen-bond donors (Lipinski definition) is 2. The van der Waals surface area contributed by atoms with E-state index in [2.05, 4.69) is 0 Å². The molecule has 74 valence electrons. The van der Waals surface area contributed by atoms with E-state index in [1.165, 1.54) is 6.92 Å². The summed E-state index contributed by atoms with van der Waals surface area (Å²) in [6.07, 6.45) is 0.0581. The molecule has 0 aromatic rings. The summed E-state index contributed by atoms with van der Waals surface area (Å²) in [5.41, 5.74) is 0. The molecule has 0 spiro atoms. The predicted octanol–water partition coefficient (Wildman–Crippen LogP) is -4.87. The molecule has 0 saturated heterocycles. The van der Waals surface area contributed by atoms with Gasteiger partial charge in [0, 0.05) is 17.5 Å². The molecule has 0 aliphatic carbocycles. The molecule has 0 radical (unpaired) electrons. The summed E-state index contributed by atoms with van der Waals surface area (Å²) in [7, 11) is 0. The van der Waals surface area contributed by atoms with Gasteiger partial charge in [-0.1, -0.05) is 6.92 Å². The monoisotopic (exact) mass is 212 g/mol. The third-order valence-corrected chi connectivity index (χ3v) is 1.14. The van der Waals surface area contributed by atoms with Crippen LogP contribution in [0.25, 0.3) is 0 Å². The molecule has 0 aromatic heterocycles. The quantitative estimate of drug-likeness (QED) is 0.278. The number of carbonyl (C=O) groups is 2. The van der Waals surface area contributed by atoms with Crippen LogP contribution in [0.4, 0.5) is 0 Å². The van der Waals surface area contributed by atoms with Crippen LogP contribution in [-0.4, -0.2) is 36.3 Å². The van der Waals surface area contributed by atoms with Gasteiger partial charge < -0.3 is 14.8 Å². The third-order valence-electron chi connectivity index (χ3n) is 1.14. The Balaban J connectivity index is 0. The van der Waals surface area contributed by atoms with Gasteiger partial charge in [-0.3, -0.25) is 15.5 Å². The maximum absolute atomic E-state index is 10.9. The second-order valence-electron chi connectivity index (χ2n) is 2.21. The topological polar surface area (TPSA) is 96.3 Å². The van der Waals surface area contributed by atoms with Gasteiger partial charge >= 0.3 is 29.6 Å². The Bertz CT molecular complexity index is 308. The summed E-state index contributed by atoms with van der Waals surface area (Å²) in [5.74, 6) is -3.00. The van der Waals surface area contributed by atoms with Gasteiger partial charge in [-0.05, 0) is 0 Å². The van der Waals surface area contributed by atoms with Crippen molar-refractivity contribution < 1.29 is 48.4 Å². The number of carboxylic acids is 1. The zero-order valence-corrected chi connectivity index (χ0v) is 10.1. The minimum atomic E-state index is -2.82. The van der Waals surface area contributed by atoms with Crippen molar-refractivity contribution in [2.75, 3.05) is 13.5 Å². The SMILES string of the molecule is [2H]C([2H])([2H])N(CC(=O)[O-])C(=N)NC(=O)CC.[Na+]. The van der Waals surface area contributed by atoms with Crippen LogP contribution in [0.5, 0.6) is 0 Å². The summed E-state index contributed by atoms with van der Waals surface area (Å²) >= 11 is 0. The Labute approximate surface area is 109 Å². The van der Waals surface area contributed by atoms with Gasteiger partial charge in [-0.25, -0.2) is 0 Å². The zero-order chi connectivity index (χ0) is 12.9. The van der Waals surface area contributed by atoms with E-state index in [1.807, 2.05) is 5.32 Å². The van der Waals surface area contributed by atoms with Gasteiger partial charge in [-0.15, -0.1) is 0 Å². The summed E-state index contributed by atoms with van der Waals surface area (Å²) in [6, 6.07) is 0. The molecule has 0 rings (SSSR count). The number of rotatable bonds is 3. The van der Waals surface area contributed by atoms with Crippen molar-refractivity contribution >= 4 is 17.8 Å². The third kappa shape index (κ3) is 6.88. The van der Waals surface area contributed by atoms with Crippen LogP contribution in [0.3, 0.4) is 0 Å².